The smallest absolute Gasteiger partial charge is 0.272 e. The number of aromatic nitrogens is 1. The average molecular weight is 338 g/mol. The summed E-state index contributed by atoms with van der Waals surface area (Å²) < 4.78 is 0.903. The molecule has 1 aromatic rings. The molecule has 4 nitrogen and oxygen atoms in total. The van der Waals surface area contributed by atoms with Crippen LogP contribution in [0.15, 0.2) is 22.8 Å². The van der Waals surface area contributed by atoms with Gasteiger partial charge >= 0.3 is 0 Å². The maximum atomic E-state index is 12.4. The molecule has 2 saturated heterocycles. The molecule has 5 heteroatoms. The van der Waals surface area contributed by atoms with Crippen LogP contribution in [0.25, 0.3) is 0 Å². The molecule has 1 atom stereocenters. The molecule has 0 bridgehead atoms. The predicted octanol–water partition coefficient (Wildman–Crippen LogP) is 2.45. The van der Waals surface area contributed by atoms with Crippen molar-refractivity contribution in [1.82, 2.24) is 15.2 Å². The average Bonchev–Trinajstić information content (AvgIpc) is 3.02. The first-order chi connectivity index (χ1) is 9.74. The quantitative estimate of drug-likeness (QED) is 0.901. The summed E-state index contributed by atoms with van der Waals surface area (Å²) in [5.74, 6) is 0.801. The molecule has 3 heterocycles. The Morgan fingerprint density at radius 1 is 1.30 bits per heavy atom. The summed E-state index contributed by atoms with van der Waals surface area (Å²) in [4.78, 5) is 18.5. The van der Waals surface area contributed by atoms with E-state index in [-0.39, 0.29) is 5.91 Å². The van der Waals surface area contributed by atoms with E-state index < -0.39 is 0 Å². The van der Waals surface area contributed by atoms with Gasteiger partial charge < -0.3 is 10.2 Å². The topological polar surface area (TPSA) is 45.2 Å². The molecule has 3 rings (SSSR count). The summed E-state index contributed by atoms with van der Waals surface area (Å²) in [5, 5.41) is 3.59. The second kappa shape index (κ2) is 6.22. The molecular weight excluding hydrogens is 318 g/mol. The van der Waals surface area contributed by atoms with Gasteiger partial charge in [0.25, 0.3) is 5.91 Å². The van der Waals surface area contributed by atoms with Crippen molar-refractivity contribution < 1.29 is 4.79 Å². The van der Waals surface area contributed by atoms with E-state index in [1.54, 1.807) is 12.3 Å². The van der Waals surface area contributed by atoms with Crippen LogP contribution in [0.1, 0.15) is 36.2 Å². The molecule has 0 aliphatic carbocycles. The van der Waals surface area contributed by atoms with Gasteiger partial charge in [-0.3, -0.25) is 4.79 Å². The Balaban J connectivity index is 1.57. The fraction of sp³-hybridized carbons (Fsp3) is 0.600. The number of halogens is 1. The second-order valence-corrected chi connectivity index (χ2v) is 6.61. The summed E-state index contributed by atoms with van der Waals surface area (Å²) in [5.41, 5.74) is 0.547. The fourth-order valence-corrected chi connectivity index (χ4v) is 3.52. The van der Waals surface area contributed by atoms with Crippen molar-refractivity contribution in [2.24, 2.45) is 5.92 Å². The molecule has 1 amide bonds. The Morgan fingerprint density at radius 3 is 2.70 bits per heavy atom. The highest BCUT2D eigenvalue weighted by molar-refractivity contribution is 9.10. The van der Waals surface area contributed by atoms with Crippen molar-refractivity contribution in [1.29, 1.82) is 0 Å². The van der Waals surface area contributed by atoms with Crippen molar-refractivity contribution in [2.45, 2.75) is 31.7 Å². The normalized spacial score (nSPS) is 24.1. The molecule has 0 radical (unpaired) electrons. The first-order valence-corrected chi connectivity index (χ1v) is 8.17. The van der Waals surface area contributed by atoms with E-state index in [1.807, 2.05) is 11.0 Å². The molecule has 0 spiro atoms. The molecule has 108 valence electrons. The van der Waals surface area contributed by atoms with Gasteiger partial charge in [-0.25, -0.2) is 4.98 Å². The monoisotopic (exact) mass is 337 g/mol. The number of rotatable bonds is 2. The number of nitrogens with zero attached hydrogens (tertiary/aromatic N) is 2. The van der Waals surface area contributed by atoms with Gasteiger partial charge in [0.05, 0.1) is 0 Å². The van der Waals surface area contributed by atoms with Crippen LogP contribution in [0.3, 0.4) is 0 Å². The largest absolute Gasteiger partial charge is 0.337 e. The molecule has 2 fully saturated rings. The number of amides is 1. The minimum atomic E-state index is 0.0651. The number of hydrogen-bond acceptors (Lipinski definition) is 3. The minimum Gasteiger partial charge on any atom is -0.337 e. The van der Waals surface area contributed by atoms with Crippen LogP contribution < -0.4 is 5.32 Å². The molecular formula is C15H20BrN3O. The van der Waals surface area contributed by atoms with Gasteiger partial charge in [-0.15, -0.1) is 0 Å². The number of carbonyl (C=O) groups excluding carboxylic acids is 1. The zero-order valence-electron chi connectivity index (χ0n) is 11.5. The highest BCUT2D eigenvalue weighted by Gasteiger charge is 2.30. The Bertz CT molecular complexity index is 463. The predicted molar refractivity (Wildman–Crippen MR) is 81.6 cm³/mol. The number of likely N-dealkylation sites (tertiary alicyclic amines) is 1. The lowest BCUT2D eigenvalue weighted by Gasteiger charge is -2.34. The van der Waals surface area contributed by atoms with E-state index in [2.05, 4.69) is 26.2 Å². The Kier molecular flexibility index (Phi) is 4.36. The van der Waals surface area contributed by atoms with E-state index in [4.69, 9.17) is 0 Å². The molecule has 0 aromatic carbocycles. The summed E-state index contributed by atoms with van der Waals surface area (Å²) in [6.45, 7) is 2.88. The van der Waals surface area contributed by atoms with Gasteiger partial charge in [0.2, 0.25) is 0 Å². The van der Waals surface area contributed by atoms with E-state index in [1.165, 1.54) is 12.8 Å². The highest BCUT2D eigenvalue weighted by Crippen LogP contribution is 2.26. The first-order valence-electron chi connectivity index (χ1n) is 7.38. The molecule has 1 N–H and O–H groups in total. The molecule has 1 aromatic heterocycles. The van der Waals surface area contributed by atoms with Crippen molar-refractivity contribution >= 4 is 21.8 Å². The lowest BCUT2D eigenvalue weighted by molar-refractivity contribution is 0.0668. The lowest BCUT2D eigenvalue weighted by Crippen LogP contribution is -2.43. The van der Waals surface area contributed by atoms with Crippen molar-refractivity contribution in [3.8, 4) is 0 Å². The van der Waals surface area contributed by atoms with Crippen molar-refractivity contribution in [3.63, 3.8) is 0 Å². The third-order valence-corrected chi connectivity index (χ3v) is 4.91. The summed E-state index contributed by atoms with van der Waals surface area (Å²) >= 11 is 3.34. The van der Waals surface area contributed by atoms with Crippen LogP contribution in [0.4, 0.5) is 0 Å². The summed E-state index contributed by atoms with van der Waals surface area (Å²) in [7, 11) is 0. The Morgan fingerprint density at radius 2 is 2.10 bits per heavy atom. The van der Waals surface area contributed by atoms with Crippen LogP contribution in [-0.2, 0) is 0 Å². The van der Waals surface area contributed by atoms with E-state index in [0.717, 1.165) is 42.9 Å². The third-order valence-electron chi connectivity index (χ3n) is 4.44. The highest BCUT2D eigenvalue weighted by atomic mass is 79.9. The maximum absolute atomic E-state index is 12.4. The van der Waals surface area contributed by atoms with Gasteiger partial charge in [-0.1, -0.05) is 0 Å². The first kappa shape index (κ1) is 14.0. The standard InChI is InChI=1S/C15H20BrN3O/c16-12-3-4-14(18-10-12)15(20)19-8-5-11(6-9-19)13-2-1-7-17-13/h3-4,10-11,13,17H,1-2,5-9H2. The van der Waals surface area contributed by atoms with Gasteiger partial charge in [0, 0.05) is 29.8 Å². The Hall–Kier alpha value is -0.940. The molecule has 2 aliphatic heterocycles. The van der Waals surface area contributed by atoms with Crippen LogP contribution in [0.5, 0.6) is 0 Å². The fourth-order valence-electron chi connectivity index (χ4n) is 3.28. The molecule has 20 heavy (non-hydrogen) atoms. The van der Waals surface area contributed by atoms with Gasteiger partial charge in [0.1, 0.15) is 5.69 Å². The van der Waals surface area contributed by atoms with Crippen LogP contribution in [0, 0.1) is 5.92 Å². The number of piperidine rings is 1. The van der Waals surface area contributed by atoms with Crippen LogP contribution in [-0.4, -0.2) is 41.5 Å². The third kappa shape index (κ3) is 3.04. The van der Waals surface area contributed by atoms with E-state index in [0.29, 0.717) is 11.7 Å². The number of nitrogens with one attached hydrogen (secondary N) is 1. The molecule has 2 aliphatic rings. The van der Waals surface area contributed by atoms with Gasteiger partial charge in [-0.2, -0.15) is 0 Å². The van der Waals surface area contributed by atoms with Crippen molar-refractivity contribution in [3.05, 3.63) is 28.5 Å². The SMILES string of the molecule is O=C(c1ccc(Br)cn1)N1CCC(C2CCCN2)CC1. The number of pyridine rings is 1. The zero-order chi connectivity index (χ0) is 13.9. The van der Waals surface area contributed by atoms with E-state index >= 15 is 0 Å². The van der Waals surface area contributed by atoms with Gasteiger partial charge in [-0.05, 0) is 66.2 Å². The zero-order valence-corrected chi connectivity index (χ0v) is 13.1. The molecule has 0 saturated carbocycles. The minimum absolute atomic E-state index is 0.0651. The maximum Gasteiger partial charge on any atom is 0.272 e. The Labute approximate surface area is 128 Å². The van der Waals surface area contributed by atoms with Crippen LogP contribution in [0.2, 0.25) is 0 Å². The van der Waals surface area contributed by atoms with Gasteiger partial charge in [0.15, 0.2) is 0 Å². The lowest BCUT2D eigenvalue weighted by atomic mass is 9.88. The number of carbonyl (C=O) groups is 1. The number of hydrogen-bond donors (Lipinski definition) is 1. The van der Waals surface area contributed by atoms with E-state index in [9.17, 15) is 4.79 Å². The second-order valence-electron chi connectivity index (χ2n) is 5.69. The summed E-state index contributed by atoms with van der Waals surface area (Å²) in [6.07, 6.45) is 6.50. The van der Waals surface area contributed by atoms with Crippen LogP contribution >= 0.6 is 15.9 Å². The molecule has 1 unspecified atom stereocenters. The van der Waals surface area contributed by atoms with Crippen molar-refractivity contribution in [2.75, 3.05) is 19.6 Å². The summed E-state index contributed by atoms with van der Waals surface area (Å²) in [6, 6.07) is 4.34.